The molecule has 5 unspecified atom stereocenters. The van der Waals surface area contributed by atoms with E-state index >= 15 is 0 Å². The van der Waals surface area contributed by atoms with Crippen LogP contribution in [0.4, 0.5) is 0 Å². The number of hydrogen-bond acceptors (Lipinski definition) is 21. The number of aliphatic imine (C=N–C) groups is 6. The molecule has 121 heavy (non-hydrogen) atoms. The normalized spacial score (nSPS) is 15.1. The van der Waals surface area contributed by atoms with E-state index in [2.05, 4.69) is 106 Å². The van der Waals surface area contributed by atoms with Crippen molar-refractivity contribution in [1.29, 1.82) is 0 Å². The zero-order chi connectivity index (χ0) is 92.1. The van der Waals surface area contributed by atoms with Crippen LogP contribution in [-0.4, -0.2) is 257 Å². The van der Waals surface area contributed by atoms with Gasteiger partial charge in [0, 0.05) is 264 Å². The first-order chi connectivity index (χ1) is 50.0. The smallest absolute Gasteiger partial charge is 0.117 e. The van der Waals surface area contributed by atoms with Crippen molar-refractivity contribution in [2.75, 3.05) is 42.3 Å². The molecule has 0 rings (SSSR count). The zero-order valence-electron chi connectivity index (χ0n) is 86.2. The second-order valence-electron chi connectivity index (χ2n) is 35.8. The van der Waals surface area contributed by atoms with Gasteiger partial charge in [0.25, 0.3) is 0 Å². The molecular weight excluding hydrogens is 1970 g/mol. The predicted octanol–water partition coefficient (Wildman–Crippen LogP) is 19.1. The third-order valence-corrected chi connectivity index (χ3v) is 31.1. The Kier molecular flexibility index (Phi) is 107. The maximum Gasteiger partial charge on any atom is 0.117 e. The Morgan fingerprint density at radius 2 is 0.554 bits per heavy atom. The van der Waals surface area contributed by atoms with Gasteiger partial charge in [0.2, 0.25) is 0 Å². The van der Waals surface area contributed by atoms with Crippen LogP contribution in [0.3, 0.4) is 0 Å². The molecule has 0 aromatic rings. The van der Waals surface area contributed by atoms with Crippen molar-refractivity contribution in [2.45, 2.75) is 453 Å². The van der Waals surface area contributed by atoms with Crippen LogP contribution < -0.4 is 0 Å². The van der Waals surface area contributed by atoms with Crippen LogP contribution in [0, 0.1) is 17.8 Å². The molecule has 0 aliphatic carbocycles. The van der Waals surface area contributed by atoms with E-state index in [-0.39, 0.29) is 205 Å². The molecule has 9 N–H and O–H groups in total. The first-order valence-corrected chi connectivity index (χ1v) is 48.2. The van der Waals surface area contributed by atoms with Crippen molar-refractivity contribution in [3.8, 4) is 0 Å². The first-order valence-electron chi connectivity index (χ1n) is 42.1. The van der Waals surface area contributed by atoms with E-state index in [1.165, 1.54) is 6.08 Å². The molecule has 0 bridgehead atoms. The Morgan fingerprint density at radius 1 is 0.314 bits per heavy atom. The average molecular weight is 2160 g/mol. The van der Waals surface area contributed by atoms with Gasteiger partial charge in [-0.3, -0.25) is 30.0 Å². The summed E-state index contributed by atoms with van der Waals surface area (Å²) in [5.41, 5.74) is 1.98. The van der Waals surface area contributed by atoms with E-state index in [9.17, 15) is 46.0 Å². The molecule has 21 nitrogen and oxygen atoms in total. The largest absolute Gasteiger partial charge is 0.388 e. The molecule has 0 aromatic heterocycles. The molecule has 0 saturated heterocycles. The second-order valence-corrected chi connectivity index (χ2v) is 46.9. The van der Waals surface area contributed by atoms with Gasteiger partial charge in [-0.1, -0.05) is 154 Å². The third kappa shape index (κ3) is 69.3. The van der Waals surface area contributed by atoms with Crippen molar-refractivity contribution in [3.05, 3.63) is 12.7 Å². The Bertz CT molecular complexity index is 2750. The van der Waals surface area contributed by atoms with E-state index < -0.39 is 65.8 Å². The van der Waals surface area contributed by atoms with Crippen LogP contribution in [-0.2, 0) is 151 Å². The summed E-state index contributed by atoms with van der Waals surface area (Å²) in [5.74, 6) is 0.620. The van der Waals surface area contributed by atoms with E-state index in [1.54, 1.807) is 49.6 Å². The van der Waals surface area contributed by atoms with Crippen LogP contribution in [0.15, 0.2) is 57.9 Å². The van der Waals surface area contributed by atoms with Crippen LogP contribution in [0.25, 0.3) is 0 Å². The molecule has 751 valence electrons. The summed E-state index contributed by atoms with van der Waals surface area (Å²) in [4.78, 5) is 26.4. The Labute approximate surface area is 842 Å². The number of hydrazone groups is 3. The average Bonchev–Trinajstić information content (AvgIpc) is 0.786. The molecule has 0 aliphatic heterocycles. The maximum atomic E-state index is 10.9. The van der Waals surface area contributed by atoms with Gasteiger partial charge in [-0.2, -0.15) is 15.3 Å². The summed E-state index contributed by atoms with van der Waals surface area (Å²) in [6.07, 6.45) is 5.83. The van der Waals surface area contributed by atoms with Gasteiger partial charge >= 0.3 is 0 Å². The summed E-state index contributed by atoms with van der Waals surface area (Å²) < 4.78 is 0. The molecule has 0 fully saturated rings. The van der Waals surface area contributed by atoms with Gasteiger partial charge in [0.05, 0.1) is 49.3 Å². The minimum absolute atomic E-state index is 0. The van der Waals surface area contributed by atoms with Gasteiger partial charge in [0.15, 0.2) is 0 Å². The summed E-state index contributed by atoms with van der Waals surface area (Å²) in [6, 6.07) is 4.91. The van der Waals surface area contributed by atoms with Gasteiger partial charge in [0.1, 0.15) is 33.6 Å². The van der Waals surface area contributed by atoms with Crippen molar-refractivity contribution >= 4 is 67.6 Å². The number of hydrogen-bond donors (Lipinski definition) is 9. The van der Waals surface area contributed by atoms with Gasteiger partial charge in [-0.05, 0) is 243 Å². The van der Waals surface area contributed by atoms with Gasteiger partial charge < -0.3 is 61.0 Å². The quantitative estimate of drug-likeness (QED) is 0.0128. The fourth-order valence-electron chi connectivity index (χ4n) is 11.5. The van der Waals surface area contributed by atoms with E-state index in [4.69, 9.17) is 0 Å². The summed E-state index contributed by atoms with van der Waals surface area (Å²) in [7, 11) is 7.81. The standard InChI is InChI=1S/C13H29NOSi.C12H25NO.C11H23NO.C10H23NOSi.C10H21NO.C9H20N2O.C9H17NO.C8H18N2O.C7H16N2O.9Co/c1-8-16(9-2,10-3)13(7,15)12(6)14-11(4)5;1-8(2)12(14,9(3)4)11(7)13-10(5)6;1-7-11(13,8(2)3)10(6)12-9(4)5;1-8(2)11-9(3)10(4,12)13(5,6)7;1-6-10(12,7-2)9(5)11-8(3)4;1-6-9(12,7-2)8(3)10-11(4)5;1-6-9(5,11)8(4)10-7(2)3;1-6-8(3,11)7(2)9-10(4)5;1-6(7(2,3)10)8-9(4)5;;;;;;;;;/h11,15H,8-10H2,1-7H3;8-10,14H,1-7H3;8-9,13H,7H2,1-6H3;8,12H,1-7H3;8,12H,6-7H2,1-5H3;12H,6-7H2,1-5H3;6-7,11H,1H2,2-5H3;11H,6H2,1-5H3;10H,1-5H3;;;;;;;;;. The molecule has 0 aromatic carbocycles. The van der Waals surface area contributed by atoms with Gasteiger partial charge in [-0.15, -0.1) is 0 Å². The SMILES string of the molecule is C=CC(C)(O)C(C)=NC(C)C.CC(=NC(C)C)C(C)(O)[Si](C)(C)C.CC(=NC(C)C)C(O)(C(C)C)C(C)C.CC(=NN(C)C)C(C)(C)O.CCC(C)(O)C(C)=NN(C)C.CCC(O)(C(C)=NC(C)C)C(C)C.CCC(O)(CC)C(C)=NC(C)C.CCC(O)(CC)C(C)=NN(C)C.CC[Si](CC)(CC)C(C)(O)C(C)=NC(C)C.[Co].[Co].[Co].[Co].[Co].[Co].[Co].[Co].[Co]. The fourth-order valence-corrected chi connectivity index (χ4v) is 17.0. The molecule has 0 heterocycles. The van der Waals surface area contributed by atoms with E-state index in [0.29, 0.717) is 25.0 Å². The third-order valence-electron chi connectivity index (χ3n) is 21.3. The Balaban J connectivity index is -0.0000000612. The molecule has 0 spiro atoms. The molecular formula is C89H192Co9N12O9Si2. The fraction of sp³-hybridized carbons (Fsp3) is 0.876. The number of rotatable bonds is 33. The first kappa shape index (κ1) is 165. The molecule has 5 atom stereocenters. The summed E-state index contributed by atoms with van der Waals surface area (Å²) in [5, 5.41) is 107. The summed E-state index contributed by atoms with van der Waals surface area (Å²) in [6.45, 7) is 92.8. The zero-order valence-corrected chi connectivity index (χ0v) is 97.6. The minimum Gasteiger partial charge on any atom is -0.388 e. The topological polar surface area (TPSA) is 303 Å². The van der Waals surface area contributed by atoms with E-state index in [0.717, 1.165) is 83.1 Å². The van der Waals surface area contributed by atoms with Crippen molar-refractivity contribution in [2.24, 2.45) is 63.0 Å². The van der Waals surface area contributed by atoms with Crippen molar-refractivity contribution in [1.82, 2.24) is 15.0 Å². The van der Waals surface area contributed by atoms with Crippen LogP contribution in [0.5, 0.6) is 0 Å². The molecule has 32 heteroatoms. The Hall–Kier alpha value is 0.802. The van der Waals surface area contributed by atoms with Crippen LogP contribution >= 0.6 is 0 Å². The molecule has 0 amide bonds. The molecule has 0 aliphatic rings. The monoisotopic (exact) mass is 2160 g/mol. The molecule has 0 saturated carbocycles. The Morgan fingerprint density at radius 3 is 0.760 bits per heavy atom. The maximum absolute atomic E-state index is 10.9. The minimum atomic E-state index is -1.65. The second kappa shape index (κ2) is 78.3. The van der Waals surface area contributed by atoms with Crippen LogP contribution in [0.1, 0.15) is 329 Å². The van der Waals surface area contributed by atoms with Crippen molar-refractivity contribution < 1.29 is 197 Å². The van der Waals surface area contributed by atoms with Crippen molar-refractivity contribution in [3.63, 3.8) is 0 Å². The number of nitrogens with zero attached hydrogens (tertiary/aromatic N) is 12. The van der Waals surface area contributed by atoms with E-state index in [1.807, 2.05) is 264 Å². The molecule has 9 radical (unpaired) electrons. The summed E-state index contributed by atoms with van der Waals surface area (Å²) >= 11 is 0. The van der Waals surface area contributed by atoms with Gasteiger partial charge in [-0.25, -0.2) is 0 Å². The number of aliphatic hydroxyl groups is 9. The predicted molar refractivity (Wildman–Crippen MR) is 505 cm³/mol. The van der Waals surface area contributed by atoms with Crippen LogP contribution in [0.2, 0.25) is 37.8 Å².